The third kappa shape index (κ3) is 1.61. The van der Waals surface area contributed by atoms with Crippen LogP contribution >= 0.6 is 11.6 Å². The van der Waals surface area contributed by atoms with E-state index in [1.54, 1.807) is 10.7 Å². The lowest BCUT2D eigenvalue weighted by Gasteiger charge is -2.07. The summed E-state index contributed by atoms with van der Waals surface area (Å²) in [6.45, 7) is 1.81. The first-order valence-corrected chi connectivity index (χ1v) is 5.82. The van der Waals surface area contributed by atoms with Crippen molar-refractivity contribution in [1.29, 1.82) is 0 Å². The number of nitrogens with zero attached hydrogens (tertiary/aromatic N) is 3. The number of carboxylic acid groups (broad SMARTS) is 1. The van der Waals surface area contributed by atoms with E-state index in [0.717, 1.165) is 5.69 Å². The number of aromatic nitrogens is 3. The number of carboxylic acids is 1. The average molecular weight is 277 g/mol. The molecule has 2 aromatic heterocycles. The van der Waals surface area contributed by atoms with Gasteiger partial charge in [0, 0.05) is 0 Å². The van der Waals surface area contributed by atoms with E-state index in [2.05, 4.69) is 9.97 Å². The topological polar surface area (TPSA) is 93.5 Å². The molecule has 0 amide bonds. The van der Waals surface area contributed by atoms with Crippen molar-refractivity contribution in [1.82, 2.24) is 14.4 Å². The first-order chi connectivity index (χ1) is 8.99. The predicted octanol–water partition coefficient (Wildman–Crippen LogP) is 2.12. The zero-order chi connectivity index (χ0) is 13.7. The number of hydrogen-bond donors (Lipinski definition) is 2. The van der Waals surface area contributed by atoms with Crippen LogP contribution in [0.25, 0.3) is 16.6 Å². The van der Waals surface area contributed by atoms with Crippen molar-refractivity contribution in [3.8, 4) is 0 Å². The van der Waals surface area contributed by atoms with Crippen LogP contribution in [-0.4, -0.2) is 25.4 Å². The molecule has 3 N–H and O–H groups in total. The minimum absolute atomic E-state index is 0.0217. The van der Waals surface area contributed by atoms with Gasteiger partial charge >= 0.3 is 5.97 Å². The van der Waals surface area contributed by atoms with E-state index < -0.39 is 5.97 Å². The van der Waals surface area contributed by atoms with Crippen LogP contribution in [-0.2, 0) is 0 Å². The molecule has 0 saturated heterocycles. The summed E-state index contributed by atoms with van der Waals surface area (Å²) in [6, 6.07) is 2.96. The van der Waals surface area contributed by atoms with Gasteiger partial charge in [-0.2, -0.15) is 0 Å². The molecule has 0 unspecified atom stereocenters. The lowest BCUT2D eigenvalue weighted by Crippen LogP contribution is -2.02. The van der Waals surface area contributed by atoms with E-state index in [1.165, 1.54) is 12.1 Å². The van der Waals surface area contributed by atoms with Crippen molar-refractivity contribution in [3.05, 3.63) is 34.7 Å². The Morgan fingerprint density at radius 1 is 1.47 bits per heavy atom. The highest BCUT2D eigenvalue weighted by atomic mass is 35.5. The molecular formula is C12H9ClN4O2. The quantitative estimate of drug-likeness (QED) is 0.710. The number of hydrogen-bond acceptors (Lipinski definition) is 4. The highest BCUT2D eigenvalue weighted by Gasteiger charge is 2.15. The summed E-state index contributed by atoms with van der Waals surface area (Å²) in [5.41, 5.74) is 8.44. The minimum Gasteiger partial charge on any atom is -0.478 e. The third-order valence-corrected chi connectivity index (χ3v) is 3.30. The highest BCUT2D eigenvalue weighted by molar-refractivity contribution is 6.34. The van der Waals surface area contributed by atoms with Gasteiger partial charge in [0.1, 0.15) is 17.7 Å². The summed E-state index contributed by atoms with van der Waals surface area (Å²) in [7, 11) is 0. The van der Waals surface area contributed by atoms with Gasteiger partial charge in [-0.3, -0.25) is 4.40 Å². The molecule has 0 fully saturated rings. The van der Waals surface area contributed by atoms with Crippen LogP contribution in [0.3, 0.4) is 0 Å². The molecule has 0 aliphatic carbocycles. The summed E-state index contributed by atoms with van der Waals surface area (Å²) in [4.78, 5) is 19.5. The molecule has 96 valence electrons. The number of carbonyl (C=O) groups is 1. The molecule has 7 heteroatoms. The fraction of sp³-hybridized carbons (Fsp3) is 0.0833. The molecular weight excluding hydrogens is 268 g/mol. The number of nitrogen functional groups attached to an aromatic ring is 1. The van der Waals surface area contributed by atoms with Crippen molar-refractivity contribution in [2.75, 3.05) is 5.73 Å². The number of anilines is 1. The lowest BCUT2D eigenvalue weighted by atomic mass is 10.2. The Bertz CT molecular complexity index is 841. The van der Waals surface area contributed by atoms with Gasteiger partial charge in [0.15, 0.2) is 0 Å². The van der Waals surface area contributed by atoms with Gasteiger partial charge in [-0.15, -0.1) is 0 Å². The molecule has 0 saturated carbocycles. The number of halogens is 1. The normalized spacial score (nSPS) is 11.3. The van der Waals surface area contributed by atoms with Gasteiger partial charge in [0.05, 0.1) is 27.3 Å². The van der Waals surface area contributed by atoms with Crippen molar-refractivity contribution in [2.45, 2.75) is 6.92 Å². The van der Waals surface area contributed by atoms with Crippen molar-refractivity contribution >= 4 is 39.9 Å². The number of nitrogens with two attached hydrogens (primary N) is 1. The molecule has 1 aromatic carbocycles. The van der Waals surface area contributed by atoms with E-state index in [-0.39, 0.29) is 10.6 Å². The molecule has 2 heterocycles. The van der Waals surface area contributed by atoms with Crippen LogP contribution in [0.2, 0.25) is 5.02 Å². The lowest BCUT2D eigenvalue weighted by molar-refractivity contribution is 0.0697. The monoisotopic (exact) mass is 276 g/mol. The van der Waals surface area contributed by atoms with Gasteiger partial charge in [-0.1, -0.05) is 11.6 Å². The maximum absolute atomic E-state index is 11.1. The zero-order valence-electron chi connectivity index (χ0n) is 9.88. The molecule has 0 atom stereocenters. The standard InChI is InChI=1S/C12H9ClN4O2/c1-5-10-11(14)16-8-3-7(13)6(12(18)19)2-9(8)17(10)4-15-5/h2-4H,1H3,(H2,14,16)(H,18,19). The molecule has 0 spiro atoms. The Balaban J connectivity index is 2.53. The number of benzene rings is 1. The maximum Gasteiger partial charge on any atom is 0.337 e. The van der Waals surface area contributed by atoms with Crippen LogP contribution in [0.4, 0.5) is 5.82 Å². The second-order valence-electron chi connectivity index (χ2n) is 4.17. The van der Waals surface area contributed by atoms with E-state index in [9.17, 15) is 4.79 Å². The van der Waals surface area contributed by atoms with E-state index in [1.807, 2.05) is 6.92 Å². The second-order valence-corrected chi connectivity index (χ2v) is 4.58. The number of imidazole rings is 1. The Labute approximate surface area is 112 Å². The minimum atomic E-state index is -1.09. The SMILES string of the molecule is Cc1ncn2c1c(N)nc1cc(Cl)c(C(=O)O)cc12. The Kier molecular flexibility index (Phi) is 2.36. The molecule has 19 heavy (non-hydrogen) atoms. The van der Waals surface area contributed by atoms with E-state index in [0.29, 0.717) is 22.4 Å². The van der Waals surface area contributed by atoms with Gasteiger partial charge < -0.3 is 10.8 Å². The van der Waals surface area contributed by atoms with Crippen LogP contribution in [0.15, 0.2) is 18.5 Å². The van der Waals surface area contributed by atoms with Gasteiger partial charge in [0.25, 0.3) is 0 Å². The summed E-state index contributed by atoms with van der Waals surface area (Å²) < 4.78 is 1.72. The summed E-state index contributed by atoms with van der Waals surface area (Å²) >= 11 is 5.92. The second kappa shape index (κ2) is 3.83. The molecule has 0 aliphatic heterocycles. The Morgan fingerprint density at radius 2 is 2.21 bits per heavy atom. The van der Waals surface area contributed by atoms with Crippen LogP contribution in [0.1, 0.15) is 16.1 Å². The summed E-state index contributed by atoms with van der Waals surface area (Å²) in [5, 5.41) is 9.23. The van der Waals surface area contributed by atoms with Crippen molar-refractivity contribution in [2.24, 2.45) is 0 Å². The van der Waals surface area contributed by atoms with Gasteiger partial charge in [-0.05, 0) is 19.1 Å². The summed E-state index contributed by atoms with van der Waals surface area (Å²) in [6.07, 6.45) is 1.59. The first kappa shape index (κ1) is 11.7. The largest absolute Gasteiger partial charge is 0.478 e. The van der Waals surface area contributed by atoms with E-state index >= 15 is 0 Å². The molecule has 3 aromatic rings. The Hall–Kier alpha value is -2.34. The third-order valence-electron chi connectivity index (χ3n) is 2.99. The van der Waals surface area contributed by atoms with Crippen LogP contribution in [0.5, 0.6) is 0 Å². The predicted molar refractivity (Wildman–Crippen MR) is 71.6 cm³/mol. The van der Waals surface area contributed by atoms with Gasteiger partial charge in [0.2, 0.25) is 0 Å². The molecule has 0 bridgehead atoms. The fourth-order valence-corrected chi connectivity index (χ4v) is 2.35. The van der Waals surface area contributed by atoms with Crippen LogP contribution in [0, 0.1) is 6.92 Å². The van der Waals surface area contributed by atoms with Crippen molar-refractivity contribution < 1.29 is 9.90 Å². The highest BCUT2D eigenvalue weighted by Crippen LogP contribution is 2.27. The van der Waals surface area contributed by atoms with Crippen LogP contribution < -0.4 is 5.73 Å². The fourth-order valence-electron chi connectivity index (χ4n) is 2.11. The summed E-state index contributed by atoms with van der Waals surface area (Å²) in [5.74, 6) is -0.754. The number of aromatic carboxylic acids is 1. The molecule has 0 radical (unpaired) electrons. The molecule has 6 nitrogen and oxygen atoms in total. The van der Waals surface area contributed by atoms with E-state index in [4.69, 9.17) is 22.4 Å². The zero-order valence-corrected chi connectivity index (χ0v) is 10.6. The average Bonchev–Trinajstić information content (AvgIpc) is 2.71. The number of rotatable bonds is 1. The van der Waals surface area contributed by atoms with Crippen molar-refractivity contribution in [3.63, 3.8) is 0 Å². The smallest absolute Gasteiger partial charge is 0.337 e. The number of fused-ring (bicyclic) bond motifs is 3. The van der Waals surface area contributed by atoms with Gasteiger partial charge in [-0.25, -0.2) is 14.8 Å². The molecule has 3 rings (SSSR count). The number of aryl methyl sites for hydroxylation is 1. The first-order valence-electron chi connectivity index (χ1n) is 5.44. The Morgan fingerprint density at radius 3 is 2.89 bits per heavy atom. The molecule has 0 aliphatic rings. The maximum atomic E-state index is 11.1.